The van der Waals surface area contributed by atoms with Crippen molar-refractivity contribution in [1.82, 2.24) is 10.3 Å². The highest BCUT2D eigenvalue weighted by molar-refractivity contribution is 5.91. The van der Waals surface area contributed by atoms with Crippen molar-refractivity contribution in [2.75, 3.05) is 14.2 Å². The van der Waals surface area contributed by atoms with E-state index in [1.54, 1.807) is 26.4 Å². The fourth-order valence-corrected chi connectivity index (χ4v) is 2.57. The lowest BCUT2D eigenvalue weighted by Crippen LogP contribution is -2.20. The molecule has 3 rings (SSSR count). The summed E-state index contributed by atoms with van der Waals surface area (Å²) in [4.78, 5) is 16.6. The number of nitrogens with one attached hydrogen (secondary N) is 1. The van der Waals surface area contributed by atoms with Crippen LogP contribution in [0, 0.1) is 0 Å². The fraction of sp³-hybridized carbons (Fsp3) is 0.143. The van der Waals surface area contributed by atoms with E-state index in [1.807, 2.05) is 48.5 Å². The van der Waals surface area contributed by atoms with E-state index < -0.39 is 0 Å². The minimum atomic E-state index is -0.196. The van der Waals surface area contributed by atoms with E-state index in [2.05, 4.69) is 10.3 Å². The number of amides is 1. The number of aromatic nitrogens is 1. The van der Waals surface area contributed by atoms with Crippen molar-refractivity contribution in [3.05, 3.63) is 71.9 Å². The second-order valence-electron chi connectivity index (χ2n) is 5.66. The predicted octanol–water partition coefficient (Wildman–Crippen LogP) is 3.58. The molecule has 5 heteroatoms. The molecule has 132 valence electrons. The van der Waals surface area contributed by atoms with Crippen LogP contribution in [-0.2, 0) is 11.3 Å². The maximum atomic E-state index is 12.1. The predicted molar refractivity (Wildman–Crippen MR) is 102 cm³/mol. The van der Waals surface area contributed by atoms with Crippen molar-refractivity contribution >= 4 is 22.9 Å². The van der Waals surface area contributed by atoms with Crippen molar-refractivity contribution in [1.29, 1.82) is 0 Å². The number of hydrogen-bond donors (Lipinski definition) is 1. The minimum absolute atomic E-state index is 0.196. The van der Waals surface area contributed by atoms with Crippen molar-refractivity contribution in [3.63, 3.8) is 0 Å². The van der Waals surface area contributed by atoms with Crippen LogP contribution in [0.1, 0.15) is 11.3 Å². The average Bonchev–Trinajstić information content (AvgIpc) is 2.70. The lowest BCUT2D eigenvalue weighted by molar-refractivity contribution is -0.116. The van der Waals surface area contributed by atoms with E-state index >= 15 is 0 Å². The van der Waals surface area contributed by atoms with Gasteiger partial charge in [0.15, 0.2) is 0 Å². The van der Waals surface area contributed by atoms with Crippen molar-refractivity contribution < 1.29 is 14.3 Å². The van der Waals surface area contributed by atoms with Crippen LogP contribution in [0.15, 0.2) is 60.7 Å². The molecule has 0 bridgehead atoms. The number of carbonyl (C=O) groups is 1. The number of fused-ring (bicyclic) bond motifs is 1. The van der Waals surface area contributed by atoms with Crippen LogP contribution in [0.3, 0.4) is 0 Å². The summed E-state index contributed by atoms with van der Waals surface area (Å²) in [5.74, 6) is 1.18. The first-order valence-corrected chi connectivity index (χ1v) is 8.22. The number of benzene rings is 2. The molecule has 0 aliphatic heterocycles. The summed E-state index contributed by atoms with van der Waals surface area (Å²) in [7, 11) is 3.19. The molecule has 5 nitrogen and oxygen atoms in total. The third kappa shape index (κ3) is 4.19. The molecule has 1 aromatic heterocycles. The Morgan fingerprint density at radius 2 is 1.92 bits per heavy atom. The van der Waals surface area contributed by atoms with Gasteiger partial charge < -0.3 is 14.8 Å². The van der Waals surface area contributed by atoms with Gasteiger partial charge in [0.1, 0.15) is 11.5 Å². The van der Waals surface area contributed by atoms with Crippen molar-refractivity contribution in [3.8, 4) is 11.5 Å². The molecular weight excluding hydrogens is 328 g/mol. The Morgan fingerprint density at radius 3 is 2.73 bits per heavy atom. The van der Waals surface area contributed by atoms with Gasteiger partial charge in [-0.2, -0.15) is 0 Å². The van der Waals surface area contributed by atoms with E-state index in [0.717, 1.165) is 22.2 Å². The van der Waals surface area contributed by atoms with Gasteiger partial charge in [0.25, 0.3) is 0 Å². The lowest BCUT2D eigenvalue weighted by atomic mass is 10.2. The van der Waals surface area contributed by atoms with Gasteiger partial charge in [-0.3, -0.25) is 4.79 Å². The van der Waals surface area contributed by atoms with Crippen LogP contribution in [0.5, 0.6) is 11.5 Å². The van der Waals surface area contributed by atoms with Crippen molar-refractivity contribution in [2.24, 2.45) is 0 Å². The Morgan fingerprint density at radius 1 is 1.08 bits per heavy atom. The van der Waals surface area contributed by atoms with Crippen LogP contribution in [0.25, 0.3) is 17.0 Å². The van der Waals surface area contributed by atoms with Crippen LogP contribution in [0.2, 0.25) is 0 Å². The Hall–Kier alpha value is -3.34. The SMILES string of the molecule is COc1ccc(CNC(=O)/C=C/c2ccc3ccccc3n2)c(OC)c1. The third-order valence-electron chi connectivity index (χ3n) is 3.97. The van der Waals surface area contributed by atoms with Crippen LogP contribution < -0.4 is 14.8 Å². The Balaban J connectivity index is 1.64. The molecule has 0 aliphatic rings. The van der Waals surface area contributed by atoms with Gasteiger partial charge in [-0.15, -0.1) is 0 Å². The van der Waals surface area contributed by atoms with Gasteiger partial charge in [-0.25, -0.2) is 4.98 Å². The zero-order chi connectivity index (χ0) is 18.4. The number of para-hydroxylation sites is 1. The molecule has 1 amide bonds. The monoisotopic (exact) mass is 348 g/mol. The van der Waals surface area contributed by atoms with Gasteiger partial charge >= 0.3 is 0 Å². The highest BCUT2D eigenvalue weighted by Crippen LogP contribution is 2.24. The first kappa shape index (κ1) is 17.5. The number of methoxy groups -OCH3 is 2. The molecule has 0 saturated carbocycles. The van der Waals surface area contributed by atoms with Gasteiger partial charge in [0.2, 0.25) is 5.91 Å². The second kappa shape index (κ2) is 8.16. The second-order valence-corrected chi connectivity index (χ2v) is 5.66. The number of nitrogens with zero attached hydrogens (tertiary/aromatic N) is 1. The molecule has 0 saturated heterocycles. The molecule has 26 heavy (non-hydrogen) atoms. The van der Waals surface area contributed by atoms with Crippen LogP contribution >= 0.6 is 0 Å². The summed E-state index contributed by atoms with van der Waals surface area (Å²) in [5.41, 5.74) is 2.51. The summed E-state index contributed by atoms with van der Waals surface area (Å²) >= 11 is 0. The maximum Gasteiger partial charge on any atom is 0.244 e. The van der Waals surface area contributed by atoms with Gasteiger partial charge in [-0.1, -0.05) is 24.3 Å². The Bertz CT molecular complexity index is 951. The van der Waals surface area contributed by atoms with E-state index in [9.17, 15) is 4.79 Å². The first-order valence-electron chi connectivity index (χ1n) is 8.22. The molecule has 0 radical (unpaired) electrons. The zero-order valence-corrected chi connectivity index (χ0v) is 14.7. The fourth-order valence-electron chi connectivity index (χ4n) is 2.57. The summed E-state index contributed by atoms with van der Waals surface area (Å²) in [6, 6.07) is 17.2. The number of pyridine rings is 1. The van der Waals surface area contributed by atoms with E-state index in [1.165, 1.54) is 6.08 Å². The lowest BCUT2D eigenvalue weighted by Gasteiger charge is -2.10. The van der Waals surface area contributed by atoms with Gasteiger partial charge in [-0.05, 0) is 30.3 Å². The molecule has 0 aliphatic carbocycles. The highest BCUT2D eigenvalue weighted by Gasteiger charge is 2.06. The minimum Gasteiger partial charge on any atom is -0.497 e. The molecule has 3 aromatic rings. The van der Waals surface area contributed by atoms with Gasteiger partial charge in [0, 0.05) is 29.6 Å². The third-order valence-corrected chi connectivity index (χ3v) is 3.97. The normalized spacial score (nSPS) is 10.8. The van der Waals surface area contributed by atoms with E-state index in [0.29, 0.717) is 18.0 Å². The number of hydrogen-bond acceptors (Lipinski definition) is 4. The van der Waals surface area contributed by atoms with E-state index in [-0.39, 0.29) is 5.91 Å². The molecule has 1 heterocycles. The summed E-state index contributed by atoms with van der Waals surface area (Å²) in [6.45, 7) is 0.363. The highest BCUT2D eigenvalue weighted by atomic mass is 16.5. The molecule has 0 unspecified atom stereocenters. The zero-order valence-electron chi connectivity index (χ0n) is 14.7. The molecular formula is C21H20N2O3. The number of carbonyl (C=O) groups excluding carboxylic acids is 1. The van der Waals surface area contributed by atoms with Crippen molar-refractivity contribution in [2.45, 2.75) is 6.54 Å². The molecule has 0 atom stereocenters. The van der Waals surface area contributed by atoms with Crippen LogP contribution in [-0.4, -0.2) is 25.1 Å². The molecule has 0 spiro atoms. The molecule has 2 aromatic carbocycles. The summed E-state index contributed by atoms with van der Waals surface area (Å²) in [5, 5.41) is 3.91. The number of rotatable bonds is 6. The standard InChI is InChI=1S/C21H20N2O3/c1-25-18-11-8-16(20(13-18)26-2)14-22-21(24)12-10-17-9-7-15-5-3-4-6-19(15)23-17/h3-13H,14H2,1-2H3,(H,22,24)/b12-10+. The topological polar surface area (TPSA) is 60.5 Å². The first-order chi connectivity index (χ1) is 12.7. The summed E-state index contributed by atoms with van der Waals surface area (Å²) < 4.78 is 10.5. The largest absolute Gasteiger partial charge is 0.497 e. The maximum absolute atomic E-state index is 12.1. The van der Waals surface area contributed by atoms with Gasteiger partial charge in [0.05, 0.1) is 25.4 Å². The molecule has 1 N–H and O–H groups in total. The van der Waals surface area contributed by atoms with Crippen LogP contribution in [0.4, 0.5) is 0 Å². The average molecular weight is 348 g/mol. The Kier molecular flexibility index (Phi) is 5.49. The Labute approximate surface area is 152 Å². The smallest absolute Gasteiger partial charge is 0.244 e. The molecule has 0 fully saturated rings. The quantitative estimate of drug-likeness (QED) is 0.692. The number of ether oxygens (including phenoxy) is 2. The summed E-state index contributed by atoms with van der Waals surface area (Å²) in [6.07, 6.45) is 3.18. The van der Waals surface area contributed by atoms with E-state index in [4.69, 9.17) is 9.47 Å².